The molecule has 0 heterocycles. The normalized spacial score (nSPS) is 14.8. The molecule has 0 aromatic rings. The fraction of sp³-hybridized carbons (Fsp3) is 0.842. The summed E-state index contributed by atoms with van der Waals surface area (Å²) in [5.41, 5.74) is -0.148. The van der Waals surface area contributed by atoms with E-state index in [1.54, 1.807) is 0 Å². The number of ketones is 1. The Bertz CT molecular complexity index is 296. The molecule has 0 aliphatic carbocycles. The van der Waals surface area contributed by atoms with Crippen LogP contribution in [0.3, 0.4) is 0 Å². The van der Waals surface area contributed by atoms with Crippen molar-refractivity contribution < 1.29 is 4.79 Å². The molecule has 0 aromatic carbocycles. The van der Waals surface area contributed by atoms with Crippen LogP contribution in [0, 0.1) is 5.41 Å². The molecule has 0 N–H and O–H groups in total. The van der Waals surface area contributed by atoms with Gasteiger partial charge < -0.3 is 4.90 Å². The van der Waals surface area contributed by atoms with Crippen molar-refractivity contribution in [2.24, 2.45) is 5.41 Å². The molecule has 0 saturated heterocycles. The first-order valence-corrected chi connectivity index (χ1v) is 8.82. The molecular formula is C19H37NO. The van der Waals surface area contributed by atoms with Crippen LogP contribution in [0.4, 0.5) is 0 Å². The van der Waals surface area contributed by atoms with Gasteiger partial charge in [-0.25, -0.2) is 0 Å². The van der Waals surface area contributed by atoms with Crippen LogP contribution in [0.1, 0.15) is 78.6 Å². The second-order valence-electron chi connectivity index (χ2n) is 6.86. The van der Waals surface area contributed by atoms with E-state index < -0.39 is 0 Å². The summed E-state index contributed by atoms with van der Waals surface area (Å²) in [6.07, 6.45) is 14.6. The third-order valence-corrected chi connectivity index (χ3v) is 4.25. The quantitative estimate of drug-likeness (QED) is 0.342. The van der Waals surface area contributed by atoms with Gasteiger partial charge in [-0.2, -0.15) is 0 Å². The van der Waals surface area contributed by atoms with Crippen LogP contribution in [-0.2, 0) is 4.79 Å². The Morgan fingerprint density at radius 3 is 2.10 bits per heavy atom. The average molecular weight is 296 g/mol. The molecule has 0 bridgehead atoms. The number of hydrogen-bond donors (Lipinski definition) is 0. The average Bonchev–Trinajstić information content (AvgIpc) is 2.44. The number of allylic oxidation sites excluding steroid dienone is 1. The van der Waals surface area contributed by atoms with Crippen molar-refractivity contribution in [3.63, 3.8) is 0 Å². The third-order valence-electron chi connectivity index (χ3n) is 4.25. The van der Waals surface area contributed by atoms with Gasteiger partial charge in [-0.3, -0.25) is 4.79 Å². The van der Waals surface area contributed by atoms with Gasteiger partial charge >= 0.3 is 0 Å². The maximum Gasteiger partial charge on any atom is 0.161 e. The number of carbonyl (C=O) groups excluding carboxylic acids is 1. The minimum atomic E-state index is -0.148. The highest BCUT2D eigenvalue weighted by atomic mass is 16.1. The SMILES string of the molecule is CCCCCCCC(C)(CCCC)C(=O)/C=C/CN(C)C. The van der Waals surface area contributed by atoms with E-state index in [0.29, 0.717) is 5.78 Å². The molecule has 0 fully saturated rings. The zero-order valence-corrected chi connectivity index (χ0v) is 15.1. The fourth-order valence-electron chi connectivity index (χ4n) is 2.63. The first kappa shape index (κ1) is 20.4. The van der Waals surface area contributed by atoms with Crippen molar-refractivity contribution >= 4 is 5.78 Å². The molecule has 124 valence electrons. The molecule has 0 spiro atoms. The lowest BCUT2D eigenvalue weighted by Crippen LogP contribution is -2.26. The summed E-state index contributed by atoms with van der Waals surface area (Å²) in [5, 5.41) is 0. The van der Waals surface area contributed by atoms with E-state index in [1.807, 2.05) is 26.2 Å². The lowest BCUT2D eigenvalue weighted by molar-refractivity contribution is -0.123. The Morgan fingerprint density at radius 1 is 0.952 bits per heavy atom. The van der Waals surface area contributed by atoms with Gasteiger partial charge in [0.05, 0.1) is 0 Å². The summed E-state index contributed by atoms with van der Waals surface area (Å²) < 4.78 is 0. The Hall–Kier alpha value is -0.630. The number of unbranched alkanes of at least 4 members (excludes halogenated alkanes) is 5. The Morgan fingerprint density at radius 2 is 1.52 bits per heavy atom. The second-order valence-corrected chi connectivity index (χ2v) is 6.86. The minimum absolute atomic E-state index is 0.148. The van der Waals surface area contributed by atoms with Crippen molar-refractivity contribution in [3.05, 3.63) is 12.2 Å². The second kappa shape index (κ2) is 12.0. The lowest BCUT2D eigenvalue weighted by Gasteiger charge is -2.27. The van der Waals surface area contributed by atoms with Gasteiger partial charge in [-0.1, -0.05) is 71.8 Å². The molecule has 0 aromatic heterocycles. The maximum absolute atomic E-state index is 12.6. The molecule has 0 radical (unpaired) electrons. The Kier molecular flexibility index (Phi) is 11.6. The molecule has 0 amide bonds. The summed E-state index contributed by atoms with van der Waals surface area (Å²) >= 11 is 0. The van der Waals surface area contributed by atoms with Gasteiger partial charge in [0.1, 0.15) is 0 Å². The van der Waals surface area contributed by atoms with E-state index in [2.05, 4.69) is 25.7 Å². The molecule has 2 nitrogen and oxygen atoms in total. The van der Waals surface area contributed by atoms with Crippen molar-refractivity contribution in [1.82, 2.24) is 4.90 Å². The first-order chi connectivity index (χ1) is 9.96. The number of likely N-dealkylation sites (N-methyl/N-ethyl adjacent to an activating group) is 1. The van der Waals surface area contributed by atoms with Crippen LogP contribution < -0.4 is 0 Å². The molecule has 2 heteroatoms. The van der Waals surface area contributed by atoms with Crippen LogP contribution in [-0.4, -0.2) is 31.3 Å². The van der Waals surface area contributed by atoms with Gasteiger partial charge in [0.25, 0.3) is 0 Å². The van der Waals surface area contributed by atoms with E-state index in [9.17, 15) is 4.79 Å². The highest BCUT2D eigenvalue weighted by Crippen LogP contribution is 2.32. The molecule has 0 aliphatic rings. The predicted molar refractivity (Wildman–Crippen MR) is 93.7 cm³/mol. The number of rotatable bonds is 13. The van der Waals surface area contributed by atoms with E-state index in [4.69, 9.17) is 0 Å². The summed E-state index contributed by atoms with van der Waals surface area (Å²) in [6.45, 7) is 7.45. The highest BCUT2D eigenvalue weighted by Gasteiger charge is 2.29. The van der Waals surface area contributed by atoms with Gasteiger partial charge in [0.15, 0.2) is 5.78 Å². The summed E-state index contributed by atoms with van der Waals surface area (Å²) in [6, 6.07) is 0. The van der Waals surface area contributed by atoms with Crippen molar-refractivity contribution in [3.8, 4) is 0 Å². The first-order valence-electron chi connectivity index (χ1n) is 8.82. The summed E-state index contributed by atoms with van der Waals surface area (Å²) in [4.78, 5) is 14.6. The van der Waals surface area contributed by atoms with Crippen LogP contribution >= 0.6 is 0 Å². The summed E-state index contributed by atoms with van der Waals surface area (Å²) in [7, 11) is 4.05. The third kappa shape index (κ3) is 9.84. The molecule has 0 saturated carbocycles. The summed E-state index contributed by atoms with van der Waals surface area (Å²) in [5.74, 6) is 0.327. The van der Waals surface area contributed by atoms with Crippen LogP contribution in [0.5, 0.6) is 0 Å². The zero-order valence-electron chi connectivity index (χ0n) is 15.1. The maximum atomic E-state index is 12.6. The fourth-order valence-corrected chi connectivity index (χ4v) is 2.63. The molecular weight excluding hydrogens is 258 g/mol. The van der Waals surface area contributed by atoms with Gasteiger partial charge in [0, 0.05) is 12.0 Å². The van der Waals surface area contributed by atoms with Gasteiger partial charge in [-0.15, -0.1) is 0 Å². The lowest BCUT2D eigenvalue weighted by atomic mass is 9.76. The highest BCUT2D eigenvalue weighted by molar-refractivity contribution is 5.94. The monoisotopic (exact) mass is 295 g/mol. The van der Waals surface area contributed by atoms with Crippen molar-refractivity contribution in [1.29, 1.82) is 0 Å². The van der Waals surface area contributed by atoms with Crippen molar-refractivity contribution in [2.45, 2.75) is 78.6 Å². The minimum Gasteiger partial charge on any atom is -0.306 e. The number of carbonyl (C=O) groups is 1. The Labute approximate surface area is 133 Å². The Balaban J connectivity index is 4.43. The van der Waals surface area contributed by atoms with Gasteiger partial charge in [0.2, 0.25) is 0 Å². The smallest absolute Gasteiger partial charge is 0.161 e. The number of hydrogen-bond acceptors (Lipinski definition) is 2. The molecule has 1 unspecified atom stereocenters. The predicted octanol–water partition coefficient (Wildman–Crippen LogP) is 5.23. The molecule has 0 aliphatic heterocycles. The molecule has 0 rings (SSSR count). The van der Waals surface area contributed by atoms with Crippen LogP contribution in [0.15, 0.2) is 12.2 Å². The molecule has 21 heavy (non-hydrogen) atoms. The van der Waals surface area contributed by atoms with Crippen molar-refractivity contribution in [2.75, 3.05) is 20.6 Å². The van der Waals surface area contributed by atoms with E-state index in [-0.39, 0.29) is 5.41 Å². The largest absolute Gasteiger partial charge is 0.306 e. The topological polar surface area (TPSA) is 20.3 Å². The zero-order chi connectivity index (χ0) is 16.1. The van der Waals surface area contributed by atoms with Crippen LogP contribution in [0.25, 0.3) is 0 Å². The number of nitrogens with zero attached hydrogens (tertiary/aromatic N) is 1. The molecule has 1 atom stereocenters. The van der Waals surface area contributed by atoms with Crippen LogP contribution in [0.2, 0.25) is 0 Å². The van der Waals surface area contributed by atoms with E-state index in [0.717, 1.165) is 25.8 Å². The van der Waals surface area contributed by atoms with E-state index in [1.165, 1.54) is 38.5 Å². The standard InChI is InChI=1S/C19H37NO/c1-6-8-10-11-12-16-19(3,15-9-7-2)18(21)14-13-17-20(4)5/h13-14H,6-12,15-17H2,1-5H3/b14-13+. The van der Waals surface area contributed by atoms with E-state index >= 15 is 0 Å². The van der Waals surface area contributed by atoms with Gasteiger partial charge in [-0.05, 0) is 33.0 Å².